The standard InChI is InChI=1S/C21H29NO8/c1-12-10-21(13(2)29-21)19(26)28-16-7-9-22(5)8-6-15(17(16)24)11-27-18(25)20(12,4)30-14(3)23/h6,12-13,16H,7-11H2,1-5H3/b15-6-/t12-,13?,16-,20-,21+/m0/s1. The maximum absolute atomic E-state index is 13.1. The van der Waals surface area contributed by atoms with Crippen LogP contribution in [0.4, 0.5) is 0 Å². The molecule has 5 atom stereocenters. The molecule has 30 heavy (non-hydrogen) atoms. The molecule has 2 bridgehead atoms. The number of nitrogens with zero attached hydrogens (tertiary/aromatic N) is 1. The lowest BCUT2D eigenvalue weighted by Crippen LogP contribution is -2.50. The fourth-order valence-electron chi connectivity index (χ4n) is 3.98. The number of ketones is 1. The molecular formula is C21H29NO8. The summed E-state index contributed by atoms with van der Waals surface area (Å²) in [6.07, 6.45) is 0.648. The van der Waals surface area contributed by atoms with Gasteiger partial charge in [-0.25, -0.2) is 9.59 Å². The van der Waals surface area contributed by atoms with Crippen molar-refractivity contribution in [3.8, 4) is 0 Å². The van der Waals surface area contributed by atoms with Gasteiger partial charge in [-0.2, -0.15) is 0 Å². The first-order chi connectivity index (χ1) is 14.0. The first-order valence-electron chi connectivity index (χ1n) is 10.2. The summed E-state index contributed by atoms with van der Waals surface area (Å²) in [6.45, 7) is 6.82. The van der Waals surface area contributed by atoms with Crippen LogP contribution >= 0.6 is 0 Å². The minimum absolute atomic E-state index is 0.0788. The van der Waals surface area contributed by atoms with Gasteiger partial charge in [-0.3, -0.25) is 9.59 Å². The molecular weight excluding hydrogens is 394 g/mol. The Morgan fingerprint density at radius 3 is 2.50 bits per heavy atom. The molecule has 0 aliphatic carbocycles. The summed E-state index contributed by atoms with van der Waals surface area (Å²) in [5, 5.41) is 0. The molecule has 1 spiro atoms. The van der Waals surface area contributed by atoms with Gasteiger partial charge in [0.05, 0.1) is 6.10 Å². The van der Waals surface area contributed by atoms with E-state index in [-0.39, 0.29) is 18.6 Å². The number of epoxide rings is 1. The molecule has 3 heterocycles. The second-order valence-corrected chi connectivity index (χ2v) is 8.57. The summed E-state index contributed by atoms with van der Waals surface area (Å²) in [4.78, 5) is 52.7. The Kier molecular flexibility index (Phi) is 6.06. The lowest BCUT2D eigenvalue weighted by atomic mass is 9.81. The summed E-state index contributed by atoms with van der Waals surface area (Å²) in [7, 11) is 1.88. The van der Waals surface area contributed by atoms with E-state index in [1.54, 1.807) is 19.9 Å². The number of hydrogen-bond donors (Lipinski definition) is 0. The zero-order chi connectivity index (χ0) is 22.3. The van der Waals surface area contributed by atoms with Gasteiger partial charge in [0, 0.05) is 37.9 Å². The highest BCUT2D eigenvalue weighted by Crippen LogP contribution is 2.46. The molecule has 3 rings (SSSR count). The van der Waals surface area contributed by atoms with Crippen molar-refractivity contribution in [3.05, 3.63) is 11.6 Å². The molecule has 3 aliphatic rings. The smallest absolute Gasteiger partial charge is 0.350 e. The summed E-state index contributed by atoms with van der Waals surface area (Å²) < 4.78 is 22.0. The summed E-state index contributed by atoms with van der Waals surface area (Å²) in [5.74, 6) is -3.06. The van der Waals surface area contributed by atoms with Crippen LogP contribution in [0.3, 0.4) is 0 Å². The number of hydrogen-bond acceptors (Lipinski definition) is 9. The molecule has 3 aliphatic heterocycles. The number of fused-ring (bicyclic) bond motifs is 2. The second-order valence-electron chi connectivity index (χ2n) is 8.57. The largest absolute Gasteiger partial charge is 0.458 e. The van der Waals surface area contributed by atoms with Gasteiger partial charge in [-0.05, 0) is 27.3 Å². The van der Waals surface area contributed by atoms with E-state index in [4.69, 9.17) is 18.9 Å². The molecule has 0 radical (unpaired) electrons. The van der Waals surface area contributed by atoms with Crippen molar-refractivity contribution in [2.45, 2.75) is 63.9 Å². The number of carbonyl (C=O) groups is 4. The minimum atomic E-state index is -1.65. The van der Waals surface area contributed by atoms with Gasteiger partial charge in [-0.1, -0.05) is 13.0 Å². The summed E-state index contributed by atoms with van der Waals surface area (Å²) in [5.41, 5.74) is -2.70. The van der Waals surface area contributed by atoms with E-state index >= 15 is 0 Å². The van der Waals surface area contributed by atoms with Crippen LogP contribution < -0.4 is 0 Å². The molecule has 9 heteroatoms. The first kappa shape index (κ1) is 22.4. The number of carbonyl (C=O) groups excluding carboxylic acids is 4. The summed E-state index contributed by atoms with van der Waals surface area (Å²) in [6, 6.07) is 0. The minimum Gasteiger partial charge on any atom is -0.458 e. The van der Waals surface area contributed by atoms with Gasteiger partial charge < -0.3 is 23.8 Å². The Hall–Kier alpha value is -2.26. The summed E-state index contributed by atoms with van der Waals surface area (Å²) >= 11 is 0. The number of Topliss-reactive ketones (excluding diaryl/α,β-unsaturated/α-hetero) is 1. The Morgan fingerprint density at radius 2 is 1.90 bits per heavy atom. The van der Waals surface area contributed by atoms with Gasteiger partial charge >= 0.3 is 17.9 Å². The molecule has 166 valence electrons. The molecule has 9 nitrogen and oxygen atoms in total. The van der Waals surface area contributed by atoms with Crippen molar-refractivity contribution in [3.63, 3.8) is 0 Å². The van der Waals surface area contributed by atoms with E-state index in [0.717, 1.165) is 0 Å². The molecule has 0 aromatic rings. The van der Waals surface area contributed by atoms with Crippen LogP contribution in [-0.2, 0) is 38.1 Å². The van der Waals surface area contributed by atoms with Crippen molar-refractivity contribution in [2.24, 2.45) is 5.92 Å². The molecule has 0 saturated carbocycles. The normalized spacial score (nSPS) is 40.0. The van der Waals surface area contributed by atoms with Crippen molar-refractivity contribution in [1.82, 2.24) is 4.90 Å². The lowest BCUT2D eigenvalue weighted by Gasteiger charge is -2.35. The maximum atomic E-state index is 13.1. The van der Waals surface area contributed by atoms with Crippen LogP contribution in [0.2, 0.25) is 0 Å². The Labute approximate surface area is 175 Å². The monoisotopic (exact) mass is 423 g/mol. The first-order valence-corrected chi connectivity index (χ1v) is 10.2. The number of rotatable bonds is 1. The number of ether oxygens (including phenoxy) is 4. The van der Waals surface area contributed by atoms with E-state index < -0.39 is 53.0 Å². The Balaban J connectivity index is 2.01. The topological polar surface area (TPSA) is 112 Å². The second kappa shape index (κ2) is 8.11. The molecule has 0 N–H and O–H groups in total. The van der Waals surface area contributed by atoms with Gasteiger partial charge in [0.25, 0.3) is 0 Å². The SMILES string of the molecule is CC(=O)O[C@]1(C)C(=O)OC/C2=C/CN(C)CC[C@H](OC(=O)[C@]3(C[C@@H]1C)OC3C)C2=O. The third-order valence-corrected chi connectivity index (χ3v) is 6.28. The van der Waals surface area contributed by atoms with Crippen LogP contribution in [-0.4, -0.2) is 78.7 Å². The van der Waals surface area contributed by atoms with Gasteiger partial charge in [-0.15, -0.1) is 0 Å². The van der Waals surface area contributed by atoms with E-state index in [9.17, 15) is 19.2 Å². The predicted molar refractivity (Wildman–Crippen MR) is 103 cm³/mol. The van der Waals surface area contributed by atoms with Gasteiger partial charge in [0.2, 0.25) is 11.4 Å². The zero-order valence-corrected chi connectivity index (χ0v) is 18.1. The fraction of sp³-hybridized carbons (Fsp3) is 0.714. The number of likely N-dealkylation sites (N-methyl/N-ethyl adjacent to an activating group) is 1. The number of esters is 3. The molecule has 2 fully saturated rings. The lowest BCUT2D eigenvalue weighted by molar-refractivity contribution is -0.187. The maximum Gasteiger partial charge on any atom is 0.350 e. The number of cyclic esters (lactones) is 1. The van der Waals surface area contributed by atoms with E-state index in [1.807, 2.05) is 11.9 Å². The van der Waals surface area contributed by atoms with Crippen LogP contribution in [0.15, 0.2) is 11.6 Å². The van der Waals surface area contributed by atoms with Crippen molar-refractivity contribution in [1.29, 1.82) is 0 Å². The van der Waals surface area contributed by atoms with E-state index in [2.05, 4.69) is 0 Å². The molecule has 0 amide bonds. The average molecular weight is 423 g/mol. The van der Waals surface area contributed by atoms with Crippen molar-refractivity contribution >= 4 is 23.7 Å². The Morgan fingerprint density at radius 1 is 1.23 bits per heavy atom. The van der Waals surface area contributed by atoms with Crippen LogP contribution in [0, 0.1) is 5.92 Å². The van der Waals surface area contributed by atoms with Crippen LogP contribution in [0.1, 0.15) is 40.5 Å². The zero-order valence-electron chi connectivity index (χ0n) is 18.1. The highest BCUT2D eigenvalue weighted by atomic mass is 16.7. The van der Waals surface area contributed by atoms with Crippen LogP contribution in [0.5, 0.6) is 0 Å². The molecule has 0 aromatic heterocycles. The third kappa shape index (κ3) is 4.13. The predicted octanol–water partition coefficient (Wildman–Crippen LogP) is 0.792. The van der Waals surface area contributed by atoms with Crippen molar-refractivity contribution < 1.29 is 38.1 Å². The molecule has 1 unspecified atom stereocenters. The van der Waals surface area contributed by atoms with Gasteiger partial charge in [0.1, 0.15) is 6.61 Å². The third-order valence-electron chi connectivity index (χ3n) is 6.28. The van der Waals surface area contributed by atoms with Gasteiger partial charge in [0.15, 0.2) is 11.7 Å². The Bertz CT molecular complexity index is 792. The van der Waals surface area contributed by atoms with E-state index in [0.29, 0.717) is 19.5 Å². The highest BCUT2D eigenvalue weighted by Gasteiger charge is 2.64. The molecule has 2 saturated heterocycles. The highest BCUT2D eigenvalue weighted by molar-refractivity contribution is 6.01. The van der Waals surface area contributed by atoms with Crippen molar-refractivity contribution in [2.75, 3.05) is 26.7 Å². The van der Waals surface area contributed by atoms with Crippen LogP contribution in [0.25, 0.3) is 0 Å². The average Bonchev–Trinajstić information content (AvgIpc) is 3.32. The molecule has 0 aromatic carbocycles. The van der Waals surface area contributed by atoms with E-state index in [1.165, 1.54) is 13.8 Å². The fourth-order valence-corrected chi connectivity index (χ4v) is 3.98. The quantitative estimate of drug-likeness (QED) is 0.343.